The van der Waals surface area contributed by atoms with Gasteiger partial charge in [0.05, 0.1) is 11.1 Å². The van der Waals surface area contributed by atoms with Gasteiger partial charge >= 0.3 is 5.97 Å². The highest BCUT2D eigenvalue weighted by molar-refractivity contribution is 6.30. The van der Waals surface area contributed by atoms with Gasteiger partial charge in [-0.15, -0.1) is 0 Å². The molecule has 0 aliphatic rings. The van der Waals surface area contributed by atoms with E-state index in [4.69, 9.17) is 16.3 Å². The smallest absolute Gasteiger partial charge is 0.359 e. The maximum atomic E-state index is 12.9. The van der Waals surface area contributed by atoms with Crippen LogP contribution in [0.3, 0.4) is 0 Å². The first-order chi connectivity index (χ1) is 14.5. The Balaban J connectivity index is 1.68. The van der Waals surface area contributed by atoms with Crippen molar-refractivity contribution in [2.24, 2.45) is 0 Å². The molecule has 0 radical (unpaired) electrons. The van der Waals surface area contributed by atoms with Crippen molar-refractivity contribution >= 4 is 34.1 Å². The predicted octanol–water partition coefficient (Wildman–Crippen LogP) is 4.08. The summed E-state index contributed by atoms with van der Waals surface area (Å²) < 4.78 is 6.37. The van der Waals surface area contributed by atoms with Crippen molar-refractivity contribution in [2.75, 3.05) is 6.61 Å². The molecule has 0 N–H and O–H groups in total. The molecule has 0 atom stereocenters. The zero-order valence-electron chi connectivity index (χ0n) is 15.6. The number of Topliss-reactive ketones (excluding diaryl/α,β-unsaturated/α-hetero) is 1. The largest absolute Gasteiger partial charge is 0.452 e. The number of rotatable bonds is 5. The lowest BCUT2D eigenvalue weighted by Gasteiger charge is -2.11. The Hall–Kier alpha value is -3.77. The minimum atomic E-state index is -0.793. The normalized spacial score (nSPS) is 10.7. The third-order valence-electron chi connectivity index (χ3n) is 4.50. The Kier molecular flexibility index (Phi) is 5.41. The second kappa shape index (κ2) is 8.31. The van der Waals surface area contributed by atoms with E-state index < -0.39 is 12.6 Å². The van der Waals surface area contributed by atoms with Gasteiger partial charge in [0.2, 0.25) is 0 Å². The molecular formula is C23H15ClN2O4. The quantitative estimate of drug-likeness (QED) is 0.360. The van der Waals surface area contributed by atoms with Gasteiger partial charge in [0.1, 0.15) is 0 Å². The number of ether oxygens (including phenoxy) is 1. The molecule has 0 unspecified atom stereocenters. The van der Waals surface area contributed by atoms with Crippen molar-refractivity contribution in [3.05, 3.63) is 105 Å². The molecule has 148 valence electrons. The summed E-state index contributed by atoms with van der Waals surface area (Å²) in [5.74, 6) is -1.17. The van der Waals surface area contributed by atoms with Crippen molar-refractivity contribution in [3.8, 4) is 5.69 Å². The number of halogens is 1. The van der Waals surface area contributed by atoms with E-state index in [0.717, 1.165) is 4.68 Å². The number of aromatic nitrogens is 2. The van der Waals surface area contributed by atoms with Crippen LogP contribution in [0.4, 0.5) is 0 Å². The van der Waals surface area contributed by atoms with Gasteiger partial charge in [-0.2, -0.15) is 9.78 Å². The van der Waals surface area contributed by atoms with Crippen LogP contribution in [0, 0.1) is 0 Å². The highest BCUT2D eigenvalue weighted by atomic mass is 35.5. The van der Waals surface area contributed by atoms with Gasteiger partial charge in [0.25, 0.3) is 5.56 Å². The van der Waals surface area contributed by atoms with E-state index in [0.29, 0.717) is 27.0 Å². The average Bonchev–Trinajstić information content (AvgIpc) is 2.79. The maximum Gasteiger partial charge on any atom is 0.359 e. The molecule has 0 aliphatic heterocycles. The van der Waals surface area contributed by atoms with Gasteiger partial charge in [-0.25, -0.2) is 4.79 Å². The SMILES string of the molecule is O=C(COC(=O)c1nn(-c2ccccc2)c(=O)c2ccccc12)c1ccc(Cl)cc1. The van der Waals surface area contributed by atoms with Crippen LogP contribution < -0.4 is 5.56 Å². The molecule has 4 rings (SSSR count). The van der Waals surface area contributed by atoms with Crippen LogP contribution in [0.2, 0.25) is 5.02 Å². The minimum Gasteiger partial charge on any atom is -0.452 e. The van der Waals surface area contributed by atoms with E-state index in [2.05, 4.69) is 5.10 Å². The lowest BCUT2D eigenvalue weighted by Crippen LogP contribution is -2.25. The van der Waals surface area contributed by atoms with Crippen LogP contribution in [0.25, 0.3) is 16.5 Å². The highest BCUT2D eigenvalue weighted by Crippen LogP contribution is 2.16. The van der Waals surface area contributed by atoms with Crippen LogP contribution in [-0.2, 0) is 4.74 Å². The molecule has 0 aliphatic carbocycles. The summed E-state index contributed by atoms with van der Waals surface area (Å²) in [5.41, 5.74) is 0.488. The van der Waals surface area contributed by atoms with Gasteiger partial charge in [0, 0.05) is 16.0 Å². The summed E-state index contributed by atoms with van der Waals surface area (Å²) in [4.78, 5) is 37.9. The molecule has 1 aromatic heterocycles. The lowest BCUT2D eigenvalue weighted by atomic mass is 10.1. The zero-order valence-corrected chi connectivity index (χ0v) is 16.4. The van der Waals surface area contributed by atoms with Crippen LogP contribution in [0.15, 0.2) is 83.7 Å². The highest BCUT2D eigenvalue weighted by Gasteiger charge is 2.20. The van der Waals surface area contributed by atoms with Crippen molar-refractivity contribution in [2.45, 2.75) is 0 Å². The minimum absolute atomic E-state index is 0.0436. The molecule has 0 bridgehead atoms. The van der Waals surface area contributed by atoms with Gasteiger partial charge in [-0.1, -0.05) is 48.0 Å². The van der Waals surface area contributed by atoms with Crippen LogP contribution in [0.1, 0.15) is 20.8 Å². The fourth-order valence-electron chi connectivity index (χ4n) is 3.00. The van der Waals surface area contributed by atoms with E-state index in [1.165, 1.54) is 0 Å². The van der Waals surface area contributed by atoms with Crippen molar-refractivity contribution in [3.63, 3.8) is 0 Å². The molecule has 4 aromatic rings. The molecule has 1 heterocycles. The second-order valence-corrected chi connectivity index (χ2v) is 6.89. The van der Waals surface area contributed by atoms with Crippen molar-refractivity contribution in [1.82, 2.24) is 9.78 Å². The number of ketones is 1. The number of carbonyl (C=O) groups excluding carboxylic acids is 2. The summed E-state index contributed by atoms with van der Waals surface area (Å²) in [5, 5.41) is 5.42. The molecule has 0 amide bonds. The van der Waals surface area contributed by atoms with E-state index in [1.807, 2.05) is 6.07 Å². The number of fused-ring (bicyclic) bond motifs is 1. The summed E-state index contributed by atoms with van der Waals surface area (Å²) in [6.45, 7) is -0.457. The van der Waals surface area contributed by atoms with E-state index >= 15 is 0 Å². The number of hydrogen-bond acceptors (Lipinski definition) is 5. The average molecular weight is 419 g/mol. The molecule has 30 heavy (non-hydrogen) atoms. The lowest BCUT2D eigenvalue weighted by molar-refractivity contribution is 0.0469. The maximum absolute atomic E-state index is 12.9. The Morgan fingerprint density at radius 3 is 2.20 bits per heavy atom. The van der Waals surface area contributed by atoms with E-state index in [9.17, 15) is 14.4 Å². The standard InChI is InChI=1S/C23H15ClN2O4/c24-16-12-10-15(11-13-16)20(27)14-30-23(29)21-18-8-4-5-9-19(18)22(28)26(25-21)17-6-2-1-3-7-17/h1-13H,14H2. The zero-order chi connectivity index (χ0) is 21.1. The summed E-state index contributed by atoms with van der Waals surface area (Å²) in [7, 11) is 0. The van der Waals surface area contributed by atoms with Crippen molar-refractivity contribution in [1.29, 1.82) is 0 Å². The number of nitrogens with zero attached hydrogens (tertiary/aromatic N) is 2. The van der Waals surface area contributed by atoms with Crippen LogP contribution >= 0.6 is 11.6 Å². The monoisotopic (exact) mass is 418 g/mol. The summed E-state index contributed by atoms with van der Waals surface area (Å²) >= 11 is 5.82. The summed E-state index contributed by atoms with van der Waals surface area (Å²) in [6, 6.07) is 21.7. The Bertz CT molecular complexity index is 1300. The fraction of sp³-hybridized carbons (Fsp3) is 0.0435. The molecule has 6 nitrogen and oxygen atoms in total. The number of benzene rings is 3. The number of carbonyl (C=O) groups is 2. The van der Waals surface area contributed by atoms with Gasteiger partial charge < -0.3 is 4.74 Å². The second-order valence-electron chi connectivity index (χ2n) is 6.45. The van der Waals surface area contributed by atoms with E-state index in [-0.39, 0.29) is 17.0 Å². The van der Waals surface area contributed by atoms with Gasteiger partial charge in [0.15, 0.2) is 18.1 Å². The third-order valence-corrected chi connectivity index (χ3v) is 4.75. The first-order valence-electron chi connectivity index (χ1n) is 9.08. The van der Waals surface area contributed by atoms with Crippen LogP contribution in [0.5, 0.6) is 0 Å². The Morgan fingerprint density at radius 1 is 0.867 bits per heavy atom. The van der Waals surface area contributed by atoms with Crippen LogP contribution in [-0.4, -0.2) is 28.1 Å². The molecule has 0 spiro atoms. The van der Waals surface area contributed by atoms with Gasteiger partial charge in [-0.05, 0) is 42.5 Å². The molecule has 0 saturated heterocycles. The summed E-state index contributed by atoms with van der Waals surface area (Å²) in [6.07, 6.45) is 0. The predicted molar refractivity (Wildman–Crippen MR) is 113 cm³/mol. The third kappa shape index (κ3) is 3.86. The number of hydrogen-bond donors (Lipinski definition) is 0. The number of para-hydroxylation sites is 1. The topological polar surface area (TPSA) is 78.3 Å². The Morgan fingerprint density at radius 2 is 1.50 bits per heavy atom. The number of esters is 1. The first-order valence-corrected chi connectivity index (χ1v) is 9.46. The molecule has 3 aromatic carbocycles. The van der Waals surface area contributed by atoms with Crippen molar-refractivity contribution < 1.29 is 14.3 Å². The molecule has 0 saturated carbocycles. The van der Waals surface area contributed by atoms with E-state index in [1.54, 1.807) is 72.8 Å². The first kappa shape index (κ1) is 19.5. The molecule has 0 fully saturated rings. The fourth-order valence-corrected chi connectivity index (χ4v) is 3.13. The molecular weight excluding hydrogens is 404 g/mol. The Labute approximate surface area is 176 Å². The van der Waals surface area contributed by atoms with Gasteiger partial charge in [-0.3, -0.25) is 9.59 Å². The molecule has 7 heteroatoms.